The van der Waals surface area contributed by atoms with Gasteiger partial charge in [-0.3, -0.25) is 0 Å². The predicted octanol–water partition coefficient (Wildman–Crippen LogP) is 10.2. The van der Waals surface area contributed by atoms with Crippen LogP contribution in [0.5, 0.6) is 11.5 Å². The third-order valence-corrected chi connectivity index (χ3v) is 9.08. The summed E-state index contributed by atoms with van der Waals surface area (Å²) in [7, 11) is -2.57. The van der Waals surface area contributed by atoms with Crippen molar-refractivity contribution < 1.29 is 48.2 Å². The van der Waals surface area contributed by atoms with Gasteiger partial charge in [-0.1, -0.05) is 70.9 Å². The summed E-state index contributed by atoms with van der Waals surface area (Å²) >= 11 is 0. The molecule has 0 radical (unpaired) electrons. The van der Waals surface area contributed by atoms with Crippen LogP contribution in [0.3, 0.4) is 0 Å². The highest BCUT2D eigenvalue weighted by atomic mass is 32.2. The first-order chi connectivity index (χ1) is 21.1. The smallest absolute Gasteiger partial charge is 0.457 e. The van der Waals surface area contributed by atoms with Gasteiger partial charge in [0.2, 0.25) is 0 Å². The van der Waals surface area contributed by atoms with Gasteiger partial charge in [0.05, 0.1) is 11.1 Å². The minimum atomic E-state index is -5.95. The number of hydrogen-bond acceptors (Lipinski definition) is 2. The van der Waals surface area contributed by atoms with E-state index in [0.717, 1.165) is 20.4 Å². The Bertz CT molecular complexity index is 1620. The van der Waals surface area contributed by atoms with Gasteiger partial charge in [0.15, 0.2) is 24.6 Å². The fourth-order valence-electron chi connectivity index (χ4n) is 4.12. The molecule has 0 aromatic heterocycles. The highest BCUT2D eigenvalue weighted by molar-refractivity contribution is 8.03. The number of alkyl halides is 6. The van der Waals surface area contributed by atoms with Gasteiger partial charge < -0.3 is 17.7 Å². The van der Waals surface area contributed by atoms with E-state index in [2.05, 4.69) is 0 Å². The van der Waals surface area contributed by atoms with Gasteiger partial charge in [0.25, 0.3) is 0 Å². The molecule has 45 heavy (non-hydrogen) atoms. The molecule has 0 atom stereocenters. The standard InChI is InChI=1S/C24H19O2S.C8H3BF9/c25-27(22-12-6-2-7-13-22,23-14-8-3-9-15-23)24-18-16-21(17-19-24)26-20-10-4-1-5-11-20;10-7(11,12)4-1-5(8(13,14)15)3-6(2-4)9(16,17)18/h1-19H;1-3H/q+1;-1. The lowest BCUT2D eigenvalue weighted by molar-refractivity contribution is -0.142. The van der Waals surface area contributed by atoms with Gasteiger partial charge in [0.1, 0.15) is 11.5 Å². The van der Waals surface area contributed by atoms with Crippen LogP contribution in [0.4, 0.5) is 39.3 Å². The zero-order chi connectivity index (χ0) is 32.9. The van der Waals surface area contributed by atoms with Crippen molar-refractivity contribution in [3.05, 3.63) is 145 Å². The Balaban J connectivity index is 0.000000224. The van der Waals surface area contributed by atoms with Crippen LogP contribution in [0.15, 0.2) is 148 Å². The van der Waals surface area contributed by atoms with Crippen LogP contribution in [0, 0.1) is 0 Å². The molecule has 0 heterocycles. The highest BCUT2D eigenvalue weighted by Crippen LogP contribution is 2.38. The van der Waals surface area contributed by atoms with E-state index in [1.807, 2.05) is 115 Å². The Morgan fingerprint density at radius 2 is 0.844 bits per heavy atom. The summed E-state index contributed by atoms with van der Waals surface area (Å²) in [6.45, 7) is -5.95. The predicted molar refractivity (Wildman–Crippen MR) is 154 cm³/mol. The summed E-state index contributed by atoms with van der Waals surface area (Å²) in [6.07, 6.45) is -10.6. The first-order valence-corrected chi connectivity index (χ1v) is 14.6. The normalized spacial score (nSPS) is 12.2. The second-order valence-electron chi connectivity index (χ2n) is 9.48. The second kappa shape index (κ2) is 13.2. The Labute approximate surface area is 253 Å². The SMILES string of the molecule is F[B-](F)(F)c1cc(C(F)(F)F)cc(C(F)(F)F)c1.O=[S+](c1ccccc1)(c1ccccc1)c1ccc(Oc2ccccc2)cc1. The van der Waals surface area contributed by atoms with Crippen molar-refractivity contribution in [3.63, 3.8) is 0 Å². The van der Waals surface area contributed by atoms with Gasteiger partial charge >= 0.3 is 19.3 Å². The molecule has 0 amide bonds. The van der Waals surface area contributed by atoms with Crippen molar-refractivity contribution in [2.45, 2.75) is 27.0 Å². The van der Waals surface area contributed by atoms with E-state index in [4.69, 9.17) is 4.74 Å². The Hall–Kier alpha value is -4.52. The summed E-state index contributed by atoms with van der Waals surface area (Å²) < 4.78 is 130. The minimum absolute atomic E-state index is 0.338. The van der Waals surface area contributed by atoms with E-state index < -0.39 is 45.9 Å². The van der Waals surface area contributed by atoms with Crippen molar-refractivity contribution in [1.82, 2.24) is 0 Å². The van der Waals surface area contributed by atoms with Gasteiger partial charge in [-0.05, 0) is 66.7 Å². The second-order valence-corrected chi connectivity index (χ2v) is 12.0. The maximum absolute atomic E-state index is 14.2. The van der Waals surface area contributed by atoms with E-state index in [0.29, 0.717) is 5.75 Å². The van der Waals surface area contributed by atoms with Crippen LogP contribution in [0.2, 0.25) is 0 Å². The molecular weight excluding hydrogens is 630 g/mol. The summed E-state index contributed by atoms with van der Waals surface area (Å²) in [5.74, 6) is 1.49. The zero-order valence-corrected chi connectivity index (χ0v) is 23.7. The van der Waals surface area contributed by atoms with Crippen molar-refractivity contribution in [2.24, 2.45) is 0 Å². The number of ether oxygens (including phenoxy) is 1. The minimum Gasteiger partial charge on any atom is -0.457 e. The van der Waals surface area contributed by atoms with Crippen LogP contribution in [0.1, 0.15) is 11.1 Å². The summed E-state index contributed by atoms with van der Waals surface area (Å²) in [5.41, 5.74) is -5.89. The molecule has 5 rings (SSSR count). The number of hydrogen-bond donors (Lipinski definition) is 0. The fourth-order valence-corrected chi connectivity index (χ4v) is 6.54. The maximum atomic E-state index is 14.2. The molecule has 0 aliphatic carbocycles. The maximum Gasteiger partial charge on any atom is 0.509 e. The highest BCUT2D eigenvalue weighted by Gasteiger charge is 2.39. The average molecular weight is 652 g/mol. The molecule has 2 nitrogen and oxygen atoms in total. The first-order valence-electron chi connectivity index (χ1n) is 13.0. The molecule has 0 fully saturated rings. The quantitative estimate of drug-likeness (QED) is 0.104. The zero-order valence-electron chi connectivity index (χ0n) is 22.9. The van der Waals surface area contributed by atoms with Crippen LogP contribution in [0.25, 0.3) is 0 Å². The van der Waals surface area contributed by atoms with Crippen molar-refractivity contribution in [2.75, 3.05) is 0 Å². The Morgan fingerprint density at radius 3 is 1.22 bits per heavy atom. The molecule has 234 valence electrons. The lowest BCUT2D eigenvalue weighted by atomic mass is 9.78. The van der Waals surface area contributed by atoms with E-state index in [1.54, 1.807) is 0 Å². The van der Waals surface area contributed by atoms with Crippen molar-refractivity contribution in [3.8, 4) is 11.5 Å². The van der Waals surface area contributed by atoms with Crippen molar-refractivity contribution >= 4 is 22.4 Å². The van der Waals surface area contributed by atoms with Crippen LogP contribution < -0.4 is 10.2 Å². The third-order valence-electron chi connectivity index (χ3n) is 6.27. The molecule has 0 saturated heterocycles. The fraction of sp³-hybridized carbons (Fsp3) is 0.0625. The number of halogens is 9. The molecule has 0 saturated carbocycles. The lowest BCUT2D eigenvalue weighted by Gasteiger charge is -2.19. The number of para-hydroxylation sites is 1. The van der Waals surface area contributed by atoms with Crippen molar-refractivity contribution in [1.29, 1.82) is 0 Å². The van der Waals surface area contributed by atoms with E-state index in [9.17, 15) is 43.5 Å². The summed E-state index contributed by atoms with van der Waals surface area (Å²) in [6, 6.07) is 35.4. The monoisotopic (exact) mass is 652 g/mol. The first kappa shape index (κ1) is 33.4. The molecule has 13 heteroatoms. The van der Waals surface area contributed by atoms with E-state index >= 15 is 0 Å². The van der Waals surface area contributed by atoms with Crippen LogP contribution in [-0.2, 0) is 26.5 Å². The molecule has 0 spiro atoms. The summed E-state index contributed by atoms with van der Waals surface area (Å²) in [4.78, 5) is 2.36. The molecule has 0 unspecified atom stereocenters. The van der Waals surface area contributed by atoms with E-state index in [1.165, 1.54) is 0 Å². The molecule has 0 bridgehead atoms. The topological polar surface area (TPSA) is 26.3 Å². The third kappa shape index (κ3) is 8.36. The molecule has 5 aromatic carbocycles. The lowest BCUT2D eigenvalue weighted by Crippen LogP contribution is -2.36. The van der Waals surface area contributed by atoms with Gasteiger partial charge in [-0.15, -0.1) is 5.46 Å². The molecule has 0 aliphatic heterocycles. The van der Waals surface area contributed by atoms with Gasteiger partial charge in [0, 0.05) is 0 Å². The number of benzene rings is 5. The van der Waals surface area contributed by atoms with E-state index in [-0.39, 0.29) is 18.2 Å². The van der Waals surface area contributed by atoms with Crippen LogP contribution in [-0.4, -0.2) is 6.98 Å². The van der Waals surface area contributed by atoms with Gasteiger partial charge in [-0.2, -0.15) is 26.3 Å². The Kier molecular flexibility index (Phi) is 9.81. The Morgan fingerprint density at radius 1 is 0.489 bits per heavy atom. The molecule has 0 aliphatic rings. The van der Waals surface area contributed by atoms with Gasteiger partial charge in [-0.25, -0.2) is 0 Å². The average Bonchev–Trinajstić information content (AvgIpc) is 3.01. The van der Waals surface area contributed by atoms with Crippen LogP contribution >= 0.6 is 0 Å². The summed E-state index contributed by atoms with van der Waals surface area (Å²) in [5, 5.41) is 0. The number of rotatable bonds is 6. The molecule has 0 N–H and O–H groups in total. The molecular formula is C32H22BF9O2S. The molecule has 5 aromatic rings. The largest absolute Gasteiger partial charge is 0.509 e.